The molecule has 1 saturated carbocycles. The van der Waals surface area contributed by atoms with E-state index in [2.05, 4.69) is 18.8 Å². The standard InChI is InChI=1S/C17H25N3O/c1-10-6-7-13(8-11(10)2)21-17-14(16(18)19)9-12-4-3-5-15(12)20-17/h9-11,13H,3-8H2,1-2H3,(H3,18,19). The van der Waals surface area contributed by atoms with Gasteiger partial charge in [-0.2, -0.15) is 0 Å². The molecule has 21 heavy (non-hydrogen) atoms. The van der Waals surface area contributed by atoms with Crippen molar-refractivity contribution >= 4 is 5.84 Å². The molecule has 0 aliphatic heterocycles. The molecule has 4 heteroatoms. The largest absolute Gasteiger partial charge is 0.474 e. The van der Waals surface area contributed by atoms with Crippen molar-refractivity contribution in [3.05, 3.63) is 22.9 Å². The van der Waals surface area contributed by atoms with Crippen LogP contribution in [0.2, 0.25) is 0 Å². The first-order valence-electron chi connectivity index (χ1n) is 8.08. The number of aromatic nitrogens is 1. The fourth-order valence-electron chi connectivity index (χ4n) is 3.50. The van der Waals surface area contributed by atoms with E-state index >= 15 is 0 Å². The lowest BCUT2D eigenvalue weighted by Gasteiger charge is -2.32. The van der Waals surface area contributed by atoms with Crippen molar-refractivity contribution < 1.29 is 4.74 Å². The van der Waals surface area contributed by atoms with Crippen molar-refractivity contribution in [1.82, 2.24) is 4.98 Å². The van der Waals surface area contributed by atoms with Crippen LogP contribution in [0.15, 0.2) is 6.07 Å². The average molecular weight is 287 g/mol. The second-order valence-corrected chi connectivity index (χ2v) is 6.72. The van der Waals surface area contributed by atoms with Crippen LogP contribution in [0.4, 0.5) is 0 Å². The zero-order valence-electron chi connectivity index (χ0n) is 13.0. The molecule has 2 aliphatic rings. The third kappa shape index (κ3) is 2.89. The fourth-order valence-corrected chi connectivity index (χ4v) is 3.50. The highest BCUT2D eigenvalue weighted by Gasteiger charge is 2.27. The first-order valence-corrected chi connectivity index (χ1v) is 8.08. The van der Waals surface area contributed by atoms with E-state index in [9.17, 15) is 0 Å². The number of nitrogen functional groups attached to an aromatic ring is 1. The molecule has 1 fully saturated rings. The second kappa shape index (κ2) is 5.66. The lowest BCUT2D eigenvalue weighted by molar-refractivity contribution is 0.0961. The summed E-state index contributed by atoms with van der Waals surface area (Å²) in [7, 11) is 0. The number of nitrogens with zero attached hydrogens (tertiary/aromatic N) is 1. The number of nitrogens with two attached hydrogens (primary N) is 1. The van der Waals surface area contributed by atoms with Gasteiger partial charge in [0.25, 0.3) is 0 Å². The Morgan fingerprint density at radius 1 is 1.29 bits per heavy atom. The van der Waals surface area contributed by atoms with Gasteiger partial charge in [-0.3, -0.25) is 5.41 Å². The van der Waals surface area contributed by atoms with Gasteiger partial charge in [-0.05, 0) is 62.0 Å². The molecule has 2 aliphatic carbocycles. The summed E-state index contributed by atoms with van der Waals surface area (Å²) >= 11 is 0. The molecular weight excluding hydrogens is 262 g/mol. The zero-order chi connectivity index (χ0) is 15.0. The van der Waals surface area contributed by atoms with Crippen molar-refractivity contribution in [3.8, 4) is 5.88 Å². The van der Waals surface area contributed by atoms with Crippen LogP contribution in [0, 0.1) is 17.2 Å². The maximum Gasteiger partial charge on any atom is 0.225 e. The van der Waals surface area contributed by atoms with E-state index in [1.807, 2.05) is 6.07 Å². The van der Waals surface area contributed by atoms with E-state index in [4.69, 9.17) is 15.9 Å². The van der Waals surface area contributed by atoms with Crippen molar-refractivity contribution in [2.45, 2.75) is 58.5 Å². The van der Waals surface area contributed by atoms with Crippen LogP contribution in [0.3, 0.4) is 0 Å². The molecule has 0 spiro atoms. The molecule has 0 amide bonds. The molecule has 3 rings (SSSR count). The third-order valence-electron chi connectivity index (χ3n) is 5.13. The molecule has 0 radical (unpaired) electrons. The van der Waals surface area contributed by atoms with Crippen LogP contribution in [0.25, 0.3) is 0 Å². The Labute approximate surface area is 126 Å². The smallest absolute Gasteiger partial charge is 0.225 e. The van der Waals surface area contributed by atoms with E-state index in [0.717, 1.165) is 43.7 Å². The topological polar surface area (TPSA) is 72.0 Å². The van der Waals surface area contributed by atoms with Crippen LogP contribution in [0.5, 0.6) is 5.88 Å². The lowest BCUT2D eigenvalue weighted by atomic mass is 9.80. The number of rotatable bonds is 3. The summed E-state index contributed by atoms with van der Waals surface area (Å²) in [5.41, 5.74) is 8.76. The van der Waals surface area contributed by atoms with Gasteiger partial charge < -0.3 is 10.5 Å². The minimum absolute atomic E-state index is 0.0597. The van der Waals surface area contributed by atoms with E-state index < -0.39 is 0 Å². The van der Waals surface area contributed by atoms with Crippen LogP contribution >= 0.6 is 0 Å². The highest BCUT2D eigenvalue weighted by Crippen LogP contribution is 2.33. The van der Waals surface area contributed by atoms with Gasteiger partial charge >= 0.3 is 0 Å². The second-order valence-electron chi connectivity index (χ2n) is 6.72. The van der Waals surface area contributed by atoms with Gasteiger partial charge in [-0.1, -0.05) is 13.8 Å². The first-order chi connectivity index (χ1) is 10.0. The van der Waals surface area contributed by atoms with Gasteiger partial charge in [0, 0.05) is 5.69 Å². The molecule has 114 valence electrons. The molecule has 3 unspecified atom stereocenters. The molecule has 4 nitrogen and oxygen atoms in total. The fraction of sp³-hybridized carbons (Fsp3) is 0.647. The number of pyridine rings is 1. The molecule has 3 N–H and O–H groups in total. The molecule has 0 saturated heterocycles. The summed E-state index contributed by atoms with van der Waals surface area (Å²) < 4.78 is 6.16. The van der Waals surface area contributed by atoms with Crippen molar-refractivity contribution in [1.29, 1.82) is 5.41 Å². The van der Waals surface area contributed by atoms with Crippen molar-refractivity contribution in [2.75, 3.05) is 0 Å². The summed E-state index contributed by atoms with van der Waals surface area (Å²) in [5.74, 6) is 2.09. The maximum atomic E-state index is 7.79. The number of nitrogens with one attached hydrogen (secondary N) is 1. The summed E-state index contributed by atoms with van der Waals surface area (Å²) in [6, 6.07) is 2.02. The minimum atomic E-state index is 0.0597. The van der Waals surface area contributed by atoms with Crippen LogP contribution in [-0.4, -0.2) is 16.9 Å². The maximum absolute atomic E-state index is 7.79. The highest BCUT2D eigenvalue weighted by molar-refractivity contribution is 5.97. The van der Waals surface area contributed by atoms with Crippen molar-refractivity contribution in [3.63, 3.8) is 0 Å². The van der Waals surface area contributed by atoms with E-state index in [1.54, 1.807) is 0 Å². The average Bonchev–Trinajstić information content (AvgIpc) is 2.89. The number of ether oxygens (including phenoxy) is 1. The normalized spacial score (nSPS) is 28.2. The number of amidine groups is 1. The number of hydrogen-bond donors (Lipinski definition) is 2. The quantitative estimate of drug-likeness (QED) is 0.663. The monoisotopic (exact) mass is 287 g/mol. The van der Waals surface area contributed by atoms with Gasteiger partial charge in [0.15, 0.2) is 0 Å². The van der Waals surface area contributed by atoms with E-state index in [-0.39, 0.29) is 11.9 Å². The lowest BCUT2D eigenvalue weighted by Crippen LogP contribution is -2.30. The van der Waals surface area contributed by atoms with Gasteiger partial charge in [0.05, 0.1) is 5.56 Å². The first kappa shape index (κ1) is 14.4. The van der Waals surface area contributed by atoms with E-state index in [1.165, 1.54) is 12.0 Å². The number of fused-ring (bicyclic) bond motifs is 1. The predicted octanol–water partition coefficient (Wildman–Crippen LogP) is 3.06. The highest BCUT2D eigenvalue weighted by atomic mass is 16.5. The predicted molar refractivity (Wildman–Crippen MR) is 83.9 cm³/mol. The van der Waals surface area contributed by atoms with E-state index in [0.29, 0.717) is 17.4 Å². The SMILES string of the molecule is CC1CCC(Oc2nc3c(cc2C(=N)N)CCC3)CC1C. The number of hydrogen-bond acceptors (Lipinski definition) is 3. The zero-order valence-corrected chi connectivity index (χ0v) is 13.0. The van der Waals surface area contributed by atoms with Crippen LogP contribution < -0.4 is 10.5 Å². The molecule has 0 bridgehead atoms. The molecule has 1 heterocycles. The summed E-state index contributed by atoms with van der Waals surface area (Å²) in [6.07, 6.45) is 6.75. The van der Waals surface area contributed by atoms with Gasteiger partial charge in [0.1, 0.15) is 11.9 Å². The Balaban J connectivity index is 1.83. The molecular formula is C17H25N3O. The molecule has 0 aromatic carbocycles. The third-order valence-corrected chi connectivity index (χ3v) is 5.13. The molecule has 1 aromatic heterocycles. The minimum Gasteiger partial charge on any atom is -0.474 e. The van der Waals surface area contributed by atoms with Crippen LogP contribution in [-0.2, 0) is 12.8 Å². The van der Waals surface area contributed by atoms with Gasteiger partial charge in [-0.25, -0.2) is 4.98 Å². The van der Waals surface area contributed by atoms with Crippen LogP contribution in [0.1, 0.15) is 56.4 Å². The Hall–Kier alpha value is -1.58. The molecule has 1 aromatic rings. The summed E-state index contributed by atoms with van der Waals surface area (Å²) in [6.45, 7) is 4.61. The Bertz CT molecular complexity index is 555. The molecule has 3 atom stereocenters. The van der Waals surface area contributed by atoms with Gasteiger partial charge in [0.2, 0.25) is 5.88 Å². The summed E-state index contributed by atoms with van der Waals surface area (Å²) in [4.78, 5) is 4.67. The van der Waals surface area contributed by atoms with Crippen molar-refractivity contribution in [2.24, 2.45) is 17.6 Å². The Kier molecular flexibility index (Phi) is 3.87. The Morgan fingerprint density at radius 2 is 2.10 bits per heavy atom. The number of aryl methyl sites for hydroxylation is 2. The summed E-state index contributed by atoms with van der Waals surface area (Å²) in [5, 5.41) is 7.79. The Morgan fingerprint density at radius 3 is 2.81 bits per heavy atom. The van der Waals surface area contributed by atoms with Gasteiger partial charge in [-0.15, -0.1) is 0 Å².